The molecule has 2 aliphatic rings. The summed E-state index contributed by atoms with van der Waals surface area (Å²) < 4.78 is 42.1. The first-order valence-electron chi connectivity index (χ1n) is 14.9. The number of aromatic nitrogens is 6. The van der Waals surface area contributed by atoms with Gasteiger partial charge < -0.3 is 14.8 Å². The van der Waals surface area contributed by atoms with E-state index in [1.165, 1.54) is 20.3 Å². The second-order valence-corrected chi connectivity index (χ2v) is 13.5. The summed E-state index contributed by atoms with van der Waals surface area (Å²) >= 11 is 6.26. The summed E-state index contributed by atoms with van der Waals surface area (Å²) in [6.07, 6.45) is 8.79. The van der Waals surface area contributed by atoms with Crippen LogP contribution in [0.4, 0.5) is 17.2 Å². The molecule has 16 heteroatoms. The van der Waals surface area contributed by atoms with Crippen molar-refractivity contribution >= 4 is 50.2 Å². The van der Waals surface area contributed by atoms with Crippen molar-refractivity contribution in [3.63, 3.8) is 0 Å². The maximum atomic E-state index is 12.5. The highest BCUT2D eigenvalue weighted by atomic mass is 35.5. The first-order valence-corrected chi connectivity index (χ1v) is 16.7. The van der Waals surface area contributed by atoms with E-state index in [4.69, 9.17) is 41.0 Å². The number of hydrogen-bond acceptors (Lipinski definition) is 11. The third-order valence-electron chi connectivity index (χ3n) is 7.84. The molecule has 0 aromatic carbocycles. The third kappa shape index (κ3) is 7.18. The van der Waals surface area contributed by atoms with Gasteiger partial charge in [0.25, 0.3) is 0 Å². The Hall–Kier alpha value is -3.47. The molecule has 2 N–H and O–H groups in total. The Bertz CT molecular complexity index is 1770. The summed E-state index contributed by atoms with van der Waals surface area (Å²) in [5, 5.41) is 3.33. The number of halogens is 1. The van der Waals surface area contributed by atoms with Crippen LogP contribution in [0.25, 0.3) is 22.4 Å². The molecule has 1 unspecified atom stereocenters. The van der Waals surface area contributed by atoms with Crippen molar-refractivity contribution in [1.82, 2.24) is 38.7 Å². The number of rotatable bonds is 10. The molecule has 45 heavy (non-hydrogen) atoms. The highest BCUT2D eigenvalue weighted by molar-refractivity contribution is 7.90. The normalized spacial score (nSPS) is 18.0. The van der Waals surface area contributed by atoms with Gasteiger partial charge in [0, 0.05) is 52.1 Å². The number of fused-ring (bicyclic) bond motifs is 1. The lowest BCUT2D eigenvalue weighted by molar-refractivity contribution is -0.0298. The van der Waals surface area contributed by atoms with E-state index in [1.807, 2.05) is 17.7 Å². The van der Waals surface area contributed by atoms with E-state index in [-0.39, 0.29) is 17.1 Å². The molecule has 0 amide bonds. The Labute approximate surface area is 267 Å². The summed E-state index contributed by atoms with van der Waals surface area (Å²) in [5.74, 6) is 1.09. The maximum absolute atomic E-state index is 12.5. The SMILES string of the molecule is Cc1nc(-c2cc(CCN3CCOCC3)cnc2Nc2cnc(Cl)c(NS(=O)(=O)N(C)C)c2)c2ncn(C3CCCCO3)c2n1. The highest BCUT2D eigenvalue weighted by Crippen LogP contribution is 2.35. The third-order valence-corrected chi connectivity index (χ3v) is 9.58. The van der Waals surface area contributed by atoms with E-state index in [0.717, 1.165) is 74.0 Å². The molecule has 14 nitrogen and oxygen atoms in total. The largest absolute Gasteiger partial charge is 0.379 e. The summed E-state index contributed by atoms with van der Waals surface area (Å²) in [6, 6.07) is 3.65. The average molecular weight is 657 g/mol. The van der Waals surface area contributed by atoms with Crippen LogP contribution in [0.2, 0.25) is 5.15 Å². The monoisotopic (exact) mass is 656 g/mol. The van der Waals surface area contributed by atoms with Gasteiger partial charge in [-0.05, 0) is 50.3 Å². The van der Waals surface area contributed by atoms with Gasteiger partial charge in [-0.2, -0.15) is 12.7 Å². The zero-order valence-electron chi connectivity index (χ0n) is 25.5. The average Bonchev–Trinajstić information content (AvgIpc) is 3.46. The quantitative estimate of drug-likeness (QED) is 0.240. The van der Waals surface area contributed by atoms with Crippen molar-refractivity contribution in [2.24, 2.45) is 0 Å². The van der Waals surface area contributed by atoms with Gasteiger partial charge in [0.05, 0.1) is 37.1 Å². The van der Waals surface area contributed by atoms with Crippen molar-refractivity contribution in [2.75, 3.05) is 63.6 Å². The van der Waals surface area contributed by atoms with Crippen LogP contribution in [0, 0.1) is 6.92 Å². The summed E-state index contributed by atoms with van der Waals surface area (Å²) in [7, 11) is -0.956. The van der Waals surface area contributed by atoms with Crippen LogP contribution in [-0.2, 0) is 26.1 Å². The van der Waals surface area contributed by atoms with Gasteiger partial charge in [0.1, 0.15) is 29.1 Å². The zero-order valence-corrected chi connectivity index (χ0v) is 27.1. The first kappa shape index (κ1) is 31.5. The fourth-order valence-corrected chi connectivity index (χ4v) is 6.18. The van der Waals surface area contributed by atoms with Gasteiger partial charge in [0.2, 0.25) is 0 Å². The minimum Gasteiger partial charge on any atom is -0.379 e. The van der Waals surface area contributed by atoms with Crippen LogP contribution in [0.5, 0.6) is 0 Å². The van der Waals surface area contributed by atoms with Gasteiger partial charge in [-0.25, -0.2) is 24.9 Å². The van der Waals surface area contributed by atoms with E-state index in [1.54, 1.807) is 12.4 Å². The lowest BCUT2D eigenvalue weighted by Crippen LogP contribution is -2.37. The van der Waals surface area contributed by atoms with E-state index >= 15 is 0 Å². The molecule has 0 saturated carbocycles. The number of morpholine rings is 1. The molecule has 2 fully saturated rings. The Balaban J connectivity index is 1.39. The molecule has 2 aliphatic heterocycles. The number of ether oxygens (including phenoxy) is 2. The Morgan fingerprint density at radius 2 is 1.89 bits per heavy atom. The van der Waals surface area contributed by atoms with Crippen molar-refractivity contribution in [3.8, 4) is 11.3 Å². The summed E-state index contributed by atoms with van der Waals surface area (Å²) in [6.45, 7) is 6.70. The molecule has 0 aliphatic carbocycles. The molecule has 6 heterocycles. The van der Waals surface area contributed by atoms with Crippen molar-refractivity contribution in [1.29, 1.82) is 0 Å². The van der Waals surface area contributed by atoms with Crippen LogP contribution in [0.3, 0.4) is 0 Å². The van der Waals surface area contributed by atoms with Crippen molar-refractivity contribution in [3.05, 3.63) is 47.4 Å². The lowest BCUT2D eigenvalue weighted by atomic mass is 10.1. The molecular formula is C29H37ClN10O4S. The van der Waals surface area contributed by atoms with Gasteiger partial charge in [-0.3, -0.25) is 14.2 Å². The second-order valence-electron chi connectivity index (χ2n) is 11.3. The molecule has 6 rings (SSSR count). The number of hydrogen-bond donors (Lipinski definition) is 2. The van der Waals surface area contributed by atoms with E-state index < -0.39 is 10.2 Å². The molecular weight excluding hydrogens is 620 g/mol. The van der Waals surface area contributed by atoms with E-state index in [9.17, 15) is 8.42 Å². The van der Waals surface area contributed by atoms with Crippen molar-refractivity contribution in [2.45, 2.75) is 38.8 Å². The van der Waals surface area contributed by atoms with Crippen molar-refractivity contribution < 1.29 is 17.9 Å². The van der Waals surface area contributed by atoms with Gasteiger partial charge >= 0.3 is 10.2 Å². The topological polar surface area (TPSA) is 153 Å². The lowest BCUT2D eigenvalue weighted by Gasteiger charge is -2.26. The molecule has 0 spiro atoms. The first-order chi connectivity index (χ1) is 21.7. The number of imidazole rings is 1. The minimum absolute atomic E-state index is 0.0150. The van der Waals surface area contributed by atoms with Gasteiger partial charge in [0.15, 0.2) is 10.8 Å². The Morgan fingerprint density at radius 1 is 1.07 bits per heavy atom. The number of anilines is 3. The van der Waals surface area contributed by atoms with Crippen LogP contribution in [-0.4, -0.2) is 101 Å². The molecule has 4 aromatic rings. The minimum atomic E-state index is -3.81. The smallest absolute Gasteiger partial charge is 0.301 e. The van der Waals surface area contributed by atoms with Gasteiger partial charge in [-0.1, -0.05) is 11.6 Å². The number of nitrogens with one attached hydrogen (secondary N) is 2. The van der Waals surface area contributed by atoms with Gasteiger partial charge in [-0.15, -0.1) is 0 Å². The maximum Gasteiger partial charge on any atom is 0.301 e. The number of pyridine rings is 2. The number of aryl methyl sites for hydroxylation is 1. The molecule has 2 saturated heterocycles. The standard InChI is InChI=1S/C29H37ClN10O4S/c1-19-34-25(26-29(35-19)40(18-33-26)24-6-4-5-11-44-24)22-14-20(7-8-39-9-12-43-13-10-39)16-32-28(22)36-21-15-23(27(30)31-17-21)37-45(41,42)38(2)3/h14-18,24,37H,4-13H2,1-3H3,(H,32,36). The Morgan fingerprint density at radius 3 is 2.64 bits per heavy atom. The predicted octanol–water partition coefficient (Wildman–Crippen LogP) is 3.78. The fourth-order valence-electron chi connectivity index (χ4n) is 5.36. The molecule has 1 atom stereocenters. The van der Waals surface area contributed by atoms with Crippen LogP contribution in [0.1, 0.15) is 36.9 Å². The predicted molar refractivity (Wildman–Crippen MR) is 172 cm³/mol. The van der Waals surface area contributed by atoms with E-state index in [2.05, 4.69) is 26.0 Å². The van der Waals surface area contributed by atoms with Crippen LogP contribution in [0.15, 0.2) is 30.9 Å². The summed E-state index contributed by atoms with van der Waals surface area (Å²) in [4.78, 5) is 25.8. The zero-order chi connectivity index (χ0) is 31.6. The highest BCUT2D eigenvalue weighted by Gasteiger charge is 2.24. The van der Waals surface area contributed by atoms with Crippen LogP contribution >= 0.6 is 11.6 Å². The number of nitrogens with zero attached hydrogens (tertiary/aromatic N) is 8. The molecule has 0 radical (unpaired) electrons. The Kier molecular flexibility index (Phi) is 9.44. The second kappa shape index (κ2) is 13.5. The molecule has 4 aromatic heterocycles. The summed E-state index contributed by atoms with van der Waals surface area (Å²) in [5.41, 5.74) is 4.34. The molecule has 0 bridgehead atoms. The van der Waals surface area contributed by atoms with E-state index in [0.29, 0.717) is 40.8 Å². The molecule has 240 valence electrons. The fraction of sp³-hybridized carbons (Fsp3) is 0.483. The van der Waals surface area contributed by atoms with Crippen LogP contribution < -0.4 is 10.0 Å².